The van der Waals surface area contributed by atoms with Gasteiger partial charge in [-0.25, -0.2) is 4.98 Å². The second-order valence-corrected chi connectivity index (χ2v) is 7.32. The minimum absolute atomic E-state index is 0.0500. The molecule has 0 unspecified atom stereocenters. The molecule has 0 saturated carbocycles. The van der Waals surface area contributed by atoms with Gasteiger partial charge >= 0.3 is 0 Å². The molecule has 2 heterocycles. The Morgan fingerprint density at radius 3 is 2.71 bits per heavy atom. The number of hydrogen-bond donors (Lipinski definition) is 0. The van der Waals surface area contributed by atoms with Crippen molar-refractivity contribution >= 4 is 27.5 Å². The van der Waals surface area contributed by atoms with Crippen LogP contribution in [0.3, 0.4) is 0 Å². The summed E-state index contributed by atoms with van der Waals surface area (Å²) < 4.78 is 11.9. The van der Waals surface area contributed by atoms with Crippen molar-refractivity contribution in [2.24, 2.45) is 0 Å². The molecule has 0 aliphatic heterocycles. The highest BCUT2D eigenvalue weighted by atomic mass is 32.1. The van der Waals surface area contributed by atoms with Gasteiger partial charge in [0.2, 0.25) is 12.3 Å². The number of thiazole rings is 1. The maximum absolute atomic E-state index is 12.5. The lowest BCUT2D eigenvalue weighted by Crippen LogP contribution is -2.33. The minimum Gasteiger partial charge on any atom is -0.484 e. The summed E-state index contributed by atoms with van der Waals surface area (Å²) in [7, 11) is 1.76. The van der Waals surface area contributed by atoms with Crippen LogP contribution >= 0.6 is 11.3 Å². The molecule has 0 saturated heterocycles. The van der Waals surface area contributed by atoms with E-state index in [0.29, 0.717) is 11.6 Å². The van der Waals surface area contributed by atoms with Gasteiger partial charge in [-0.3, -0.25) is 4.79 Å². The lowest BCUT2D eigenvalue weighted by molar-refractivity contribution is -0.134. The van der Waals surface area contributed by atoms with Crippen LogP contribution in [0.2, 0.25) is 0 Å². The maximum Gasteiger partial charge on any atom is 0.260 e. The van der Waals surface area contributed by atoms with Gasteiger partial charge < -0.3 is 14.1 Å². The van der Waals surface area contributed by atoms with Crippen LogP contribution in [0.15, 0.2) is 59.3 Å². The van der Waals surface area contributed by atoms with Crippen molar-refractivity contribution in [3.8, 4) is 17.2 Å². The lowest BCUT2D eigenvalue weighted by atomic mass is 10.2. The van der Waals surface area contributed by atoms with Crippen LogP contribution in [0, 0.1) is 0 Å². The van der Waals surface area contributed by atoms with Gasteiger partial charge in [0.15, 0.2) is 6.61 Å². The van der Waals surface area contributed by atoms with Crippen LogP contribution in [0.25, 0.3) is 21.7 Å². The van der Waals surface area contributed by atoms with Crippen molar-refractivity contribution in [2.75, 3.05) is 13.7 Å². The van der Waals surface area contributed by atoms with Crippen LogP contribution in [0.5, 0.6) is 5.75 Å². The second kappa shape index (κ2) is 7.77. The van der Waals surface area contributed by atoms with Crippen LogP contribution < -0.4 is 4.74 Å². The van der Waals surface area contributed by atoms with E-state index in [1.54, 1.807) is 47.5 Å². The fourth-order valence-corrected chi connectivity index (χ4v) is 3.75. The summed E-state index contributed by atoms with van der Waals surface area (Å²) in [5.74, 6) is 0.914. The van der Waals surface area contributed by atoms with E-state index >= 15 is 0 Å². The Hall–Kier alpha value is -3.26. The zero-order chi connectivity index (χ0) is 19.5. The molecule has 0 N–H and O–H groups in total. The fraction of sp³-hybridized carbons (Fsp3) is 0.200. The quantitative estimate of drug-likeness (QED) is 0.493. The summed E-state index contributed by atoms with van der Waals surface area (Å²) in [6.45, 7) is 1.92. The van der Waals surface area contributed by atoms with Crippen molar-refractivity contribution in [2.45, 2.75) is 13.0 Å². The lowest BCUT2D eigenvalue weighted by Gasteiger charge is -2.23. The van der Waals surface area contributed by atoms with Crippen LogP contribution in [0.4, 0.5) is 0 Å². The summed E-state index contributed by atoms with van der Waals surface area (Å²) in [6, 6.07) is 15.0. The minimum atomic E-state index is -0.131. The van der Waals surface area contributed by atoms with E-state index < -0.39 is 0 Å². The van der Waals surface area contributed by atoms with Gasteiger partial charge in [0.1, 0.15) is 10.8 Å². The first-order valence-electron chi connectivity index (χ1n) is 8.72. The Labute approximate surface area is 165 Å². The van der Waals surface area contributed by atoms with Crippen LogP contribution in [-0.2, 0) is 4.79 Å². The molecule has 0 spiro atoms. The Balaban J connectivity index is 1.37. The van der Waals surface area contributed by atoms with Gasteiger partial charge in [-0.05, 0) is 43.3 Å². The smallest absolute Gasteiger partial charge is 0.260 e. The van der Waals surface area contributed by atoms with Gasteiger partial charge in [0.25, 0.3) is 5.91 Å². The Bertz CT molecular complexity index is 1040. The first-order chi connectivity index (χ1) is 13.6. The Kier molecular flexibility index (Phi) is 5.03. The summed E-state index contributed by atoms with van der Waals surface area (Å²) in [5.41, 5.74) is 1.74. The number of para-hydroxylation sites is 1. The number of ether oxygens (including phenoxy) is 1. The number of fused-ring (bicyclic) bond motifs is 1. The highest BCUT2D eigenvalue weighted by Gasteiger charge is 2.21. The van der Waals surface area contributed by atoms with E-state index in [2.05, 4.69) is 15.2 Å². The van der Waals surface area contributed by atoms with E-state index in [-0.39, 0.29) is 18.6 Å². The SMILES string of the molecule is C[C@@H](c1nc2ccccc2s1)N(C)C(=O)COc1ccc(-c2nnco2)cc1. The number of aromatic nitrogens is 3. The molecule has 2 aromatic carbocycles. The molecular weight excluding hydrogens is 376 g/mol. The largest absolute Gasteiger partial charge is 0.484 e. The van der Waals surface area contributed by atoms with E-state index in [0.717, 1.165) is 20.8 Å². The maximum atomic E-state index is 12.5. The molecule has 4 aromatic rings. The number of amides is 1. The molecule has 7 nitrogen and oxygen atoms in total. The van der Waals surface area contributed by atoms with Crippen molar-refractivity contribution in [3.05, 3.63) is 59.9 Å². The summed E-state index contributed by atoms with van der Waals surface area (Å²) in [5, 5.41) is 8.41. The number of rotatable bonds is 6. The predicted molar refractivity (Wildman–Crippen MR) is 106 cm³/mol. The van der Waals surface area contributed by atoms with Gasteiger partial charge in [-0.1, -0.05) is 12.1 Å². The molecule has 1 atom stereocenters. The predicted octanol–water partition coefficient (Wildman–Crippen LogP) is 3.94. The molecule has 0 bridgehead atoms. The van der Waals surface area contributed by atoms with E-state index in [9.17, 15) is 4.79 Å². The average Bonchev–Trinajstić information content (AvgIpc) is 3.41. The number of carbonyl (C=O) groups excluding carboxylic acids is 1. The molecule has 1 amide bonds. The third kappa shape index (κ3) is 3.72. The van der Waals surface area contributed by atoms with Crippen molar-refractivity contribution < 1.29 is 13.9 Å². The third-order valence-electron chi connectivity index (χ3n) is 4.47. The Morgan fingerprint density at radius 2 is 2.00 bits per heavy atom. The molecule has 0 aliphatic carbocycles. The molecule has 142 valence electrons. The number of hydrogen-bond acceptors (Lipinski definition) is 7. The van der Waals surface area contributed by atoms with Gasteiger partial charge in [0, 0.05) is 12.6 Å². The van der Waals surface area contributed by atoms with Gasteiger partial charge in [-0.2, -0.15) is 0 Å². The number of carbonyl (C=O) groups is 1. The monoisotopic (exact) mass is 394 g/mol. The molecular formula is C20H18N4O3S. The average molecular weight is 394 g/mol. The third-order valence-corrected chi connectivity index (χ3v) is 5.67. The standard InChI is InChI=1S/C20H18N4O3S/c1-13(20-22-16-5-3-4-6-17(16)28-20)24(2)18(25)11-26-15-9-7-14(8-10-15)19-23-21-12-27-19/h3-10,12-13H,11H2,1-2H3/t13-/m0/s1. The summed E-state index contributed by atoms with van der Waals surface area (Å²) in [4.78, 5) is 18.8. The van der Waals surface area contributed by atoms with Crippen molar-refractivity contribution in [1.29, 1.82) is 0 Å². The molecule has 8 heteroatoms. The second-order valence-electron chi connectivity index (χ2n) is 6.26. The van der Waals surface area contributed by atoms with E-state index in [1.165, 1.54) is 6.39 Å². The topological polar surface area (TPSA) is 81.4 Å². The van der Waals surface area contributed by atoms with Crippen LogP contribution in [0.1, 0.15) is 18.0 Å². The molecule has 28 heavy (non-hydrogen) atoms. The molecule has 0 aliphatic rings. The zero-order valence-corrected chi connectivity index (χ0v) is 16.2. The highest BCUT2D eigenvalue weighted by molar-refractivity contribution is 7.18. The normalized spacial score (nSPS) is 12.1. The molecule has 2 aromatic heterocycles. The Morgan fingerprint density at radius 1 is 1.21 bits per heavy atom. The number of benzene rings is 2. The zero-order valence-electron chi connectivity index (χ0n) is 15.4. The van der Waals surface area contributed by atoms with Crippen molar-refractivity contribution in [1.82, 2.24) is 20.1 Å². The molecule has 0 radical (unpaired) electrons. The molecule has 0 fully saturated rings. The highest BCUT2D eigenvalue weighted by Crippen LogP contribution is 2.29. The van der Waals surface area contributed by atoms with Crippen molar-refractivity contribution in [3.63, 3.8) is 0 Å². The number of nitrogens with zero attached hydrogens (tertiary/aromatic N) is 4. The number of likely N-dealkylation sites (N-methyl/N-ethyl adjacent to an activating group) is 1. The first kappa shape index (κ1) is 18.1. The van der Waals surface area contributed by atoms with Crippen LogP contribution in [-0.4, -0.2) is 39.6 Å². The van der Waals surface area contributed by atoms with Gasteiger partial charge in [-0.15, -0.1) is 21.5 Å². The summed E-state index contributed by atoms with van der Waals surface area (Å²) >= 11 is 1.60. The first-order valence-corrected chi connectivity index (χ1v) is 9.54. The summed E-state index contributed by atoms with van der Waals surface area (Å²) in [6.07, 6.45) is 1.28. The van der Waals surface area contributed by atoms with E-state index in [4.69, 9.17) is 9.15 Å². The van der Waals surface area contributed by atoms with E-state index in [1.807, 2.05) is 31.2 Å². The molecule has 4 rings (SSSR count). The van der Waals surface area contributed by atoms with Gasteiger partial charge in [0.05, 0.1) is 16.3 Å². The fourth-order valence-electron chi connectivity index (χ4n) is 2.69.